The van der Waals surface area contributed by atoms with E-state index in [4.69, 9.17) is 5.11 Å². The lowest BCUT2D eigenvalue weighted by molar-refractivity contribution is -0.120. The lowest BCUT2D eigenvalue weighted by Crippen LogP contribution is -2.22. The Kier molecular flexibility index (Phi) is 2.79. The molecule has 0 fully saturated rings. The second-order valence-corrected chi connectivity index (χ2v) is 3.62. The third kappa shape index (κ3) is 1.83. The van der Waals surface area contributed by atoms with Crippen molar-refractivity contribution >= 4 is 11.6 Å². The molecule has 0 spiro atoms. The van der Waals surface area contributed by atoms with Crippen LogP contribution in [0.5, 0.6) is 0 Å². The first-order chi connectivity index (χ1) is 6.86. The Balaban J connectivity index is 3.35. The number of aliphatic hydroxyl groups is 2. The molecule has 1 rings (SSSR count). The third-order valence-electron chi connectivity index (χ3n) is 2.08. The molecule has 4 nitrogen and oxygen atoms in total. The molecule has 80 valence electrons. The second-order valence-electron chi connectivity index (χ2n) is 3.62. The molecule has 0 aromatic carbocycles. The number of hydrogen-bond donors (Lipinski definition) is 2. The minimum Gasteiger partial charge on any atom is -0.501 e. The number of rotatable bonds is 1. The minimum atomic E-state index is -0.877. The Morgan fingerprint density at radius 2 is 1.53 bits per heavy atom. The van der Waals surface area contributed by atoms with Crippen LogP contribution in [0, 0.1) is 0 Å². The maximum Gasteiger partial charge on any atom is 0.231 e. The van der Waals surface area contributed by atoms with Crippen molar-refractivity contribution in [2.24, 2.45) is 0 Å². The van der Waals surface area contributed by atoms with Gasteiger partial charge in [-0.25, -0.2) is 0 Å². The Morgan fingerprint density at radius 1 is 1.07 bits per heavy atom. The predicted molar refractivity (Wildman–Crippen MR) is 54.4 cm³/mol. The van der Waals surface area contributed by atoms with Crippen molar-refractivity contribution in [3.8, 4) is 0 Å². The average molecular weight is 208 g/mol. The number of aliphatic hydroxyl groups excluding tert-OH is 2. The quantitative estimate of drug-likeness (QED) is 0.644. The highest BCUT2D eigenvalue weighted by molar-refractivity contribution is 6.24. The van der Waals surface area contributed by atoms with Crippen molar-refractivity contribution in [2.75, 3.05) is 0 Å². The third-order valence-corrected chi connectivity index (χ3v) is 2.08. The van der Waals surface area contributed by atoms with Crippen LogP contribution in [0.2, 0.25) is 0 Å². The zero-order valence-electron chi connectivity index (χ0n) is 8.79. The summed E-state index contributed by atoms with van der Waals surface area (Å²) in [6, 6.07) is 0. The van der Waals surface area contributed by atoms with E-state index in [1.165, 1.54) is 13.0 Å². The van der Waals surface area contributed by atoms with Crippen molar-refractivity contribution in [3.05, 3.63) is 34.3 Å². The molecule has 0 unspecified atom stereocenters. The normalized spacial score (nSPS) is 17.3. The largest absolute Gasteiger partial charge is 0.501 e. The van der Waals surface area contributed by atoms with Crippen molar-refractivity contribution in [1.29, 1.82) is 0 Å². The van der Waals surface area contributed by atoms with Gasteiger partial charge < -0.3 is 10.2 Å². The summed E-state index contributed by atoms with van der Waals surface area (Å²) in [5.41, 5.74) is 1.12. The topological polar surface area (TPSA) is 74.6 Å². The van der Waals surface area contributed by atoms with Gasteiger partial charge in [0, 0.05) is 11.1 Å². The molecule has 15 heavy (non-hydrogen) atoms. The molecular formula is C11H12O4. The van der Waals surface area contributed by atoms with Crippen molar-refractivity contribution in [3.63, 3.8) is 0 Å². The van der Waals surface area contributed by atoms with Gasteiger partial charge in [-0.1, -0.05) is 11.6 Å². The molecule has 1 aliphatic rings. The van der Waals surface area contributed by atoms with Gasteiger partial charge in [0.25, 0.3) is 0 Å². The van der Waals surface area contributed by atoms with Crippen molar-refractivity contribution < 1.29 is 19.8 Å². The first-order valence-electron chi connectivity index (χ1n) is 4.43. The van der Waals surface area contributed by atoms with Crippen LogP contribution in [0.4, 0.5) is 0 Å². The molecule has 0 heterocycles. The number of allylic oxidation sites excluding steroid dienone is 4. The van der Waals surface area contributed by atoms with Crippen molar-refractivity contribution in [1.82, 2.24) is 0 Å². The predicted octanol–water partition coefficient (Wildman–Crippen LogP) is 1.75. The molecule has 0 aliphatic heterocycles. The Hall–Kier alpha value is -1.84. The fourth-order valence-electron chi connectivity index (χ4n) is 1.28. The van der Waals surface area contributed by atoms with Crippen LogP contribution in [-0.2, 0) is 9.59 Å². The lowest BCUT2D eigenvalue weighted by Gasteiger charge is -2.13. The van der Waals surface area contributed by atoms with Crippen LogP contribution >= 0.6 is 0 Å². The smallest absolute Gasteiger partial charge is 0.231 e. The van der Waals surface area contributed by atoms with Crippen molar-refractivity contribution in [2.45, 2.75) is 20.8 Å². The summed E-state index contributed by atoms with van der Waals surface area (Å²) >= 11 is 0. The fraction of sp³-hybridized carbons (Fsp3) is 0.273. The van der Waals surface area contributed by atoms with Crippen LogP contribution in [0.25, 0.3) is 0 Å². The maximum absolute atomic E-state index is 11.5. The zero-order chi connectivity index (χ0) is 11.7. The highest BCUT2D eigenvalue weighted by Gasteiger charge is 2.31. The summed E-state index contributed by atoms with van der Waals surface area (Å²) in [5, 5.41) is 18.4. The zero-order valence-corrected chi connectivity index (χ0v) is 8.79. The van der Waals surface area contributed by atoms with E-state index in [-0.39, 0.29) is 11.1 Å². The van der Waals surface area contributed by atoms with E-state index in [1.807, 2.05) is 0 Å². The molecule has 0 aromatic heterocycles. The molecule has 0 saturated carbocycles. The van der Waals surface area contributed by atoms with Gasteiger partial charge in [-0.05, 0) is 20.8 Å². The van der Waals surface area contributed by atoms with Gasteiger partial charge in [0.05, 0.1) is 0 Å². The van der Waals surface area contributed by atoms with Crippen LogP contribution < -0.4 is 0 Å². The molecule has 2 N–H and O–H groups in total. The van der Waals surface area contributed by atoms with Crippen LogP contribution in [0.1, 0.15) is 20.8 Å². The van der Waals surface area contributed by atoms with E-state index >= 15 is 0 Å². The Bertz CT molecular complexity index is 432. The second kappa shape index (κ2) is 3.73. The number of carbonyl (C=O) groups is 2. The number of hydrogen-bond acceptors (Lipinski definition) is 4. The van der Waals surface area contributed by atoms with E-state index < -0.39 is 23.1 Å². The highest BCUT2D eigenvalue weighted by Crippen LogP contribution is 2.23. The first kappa shape index (κ1) is 11.2. The molecule has 0 bridgehead atoms. The van der Waals surface area contributed by atoms with E-state index in [2.05, 4.69) is 0 Å². The Labute approximate surface area is 87.2 Å². The lowest BCUT2D eigenvalue weighted by atomic mass is 9.92. The van der Waals surface area contributed by atoms with Gasteiger partial charge in [0.1, 0.15) is 0 Å². The molecule has 4 heteroatoms. The van der Waals surface area contributed by atoms with E-state index in [0.29, 0.717) is 0 Å². The standard InChI is InChI=1S/C11H12O4/c1-5(2)4-7-6(3)8(12)10(14)11(15)9(7)13/h4,14-15H,1-3H3. The van der Waals surface area contributed by atoms with E-state index in [1.54, 1.807) is 13.8 Å². The minimum absolute atomic E-state index is 0.135. The molecule has 0 aromatic rings. The van der Waals surface area contributed by atoms with Crippen LogP contribution in [0.3, 0.4) is 0 Å². The fourth-order valence-corrected chi connectivity index (χ4v) is 1.28. The van der Waals surface area contributed by atoms with Gasteiger partial charge in [0.15, 0.2) is 0 Å². The van der Waals surface area contributed by atoms with Gasteiger partial charge in [-0.2, -0.15) is 0 Å². The SMILES string of the molecule is CC(C)=CC1=C(C)C(=O)C(O)=C(O)C1=O. The summed E-state index contributed by atoms with van der Waals surface area (Å²) in [6.07, 6.45) is 1.51. The summed E-state index contributed by atoms with van der Waals surface area (Å²) < 4.78 is 0. The van der Waals surface area contributed by atoms with Gasteiger partial charge in [-0.3, -0.25) is 9.59 Å². The molecule has 0 radical (unpaired) electrons. The summed E-state index contributed by atoms with van der Waals surface area (Å²) in [4.78, 5) is 22.9. The monoisotopic (exact) mass is 208 g/mol. The number of ketones is 2. The van der Waals surface area contributed by atoms with E-state index in [0.717, 1.165) is 5.57 Å². The first-order valence-corrected chi connectivity index (χ1v) is 4.43. The van der Waals surface area contributed by atoms with Gasteiger partial charge in [-0.15, -0.1) is 0 Å². The molecule has 1 aliphatic carbocycles. The van der Waals surface area contributed by atoms with Gasteiger partial charge >= 0.3 is 0 Å². The van der Waals surface area contributed by atoms with Crippen LogP contribution in [-0.4, -0.2) is 21.8 Å². The number of Topliss-reactive ketones (excluding diaryl/α,β-unsaturated/α-hetero) is 2. The Morgan fingerprint density at radius 3 is 2.00 bits per heavy atom. The highest BCUT2D eigenvalue weighted by atomic mass is 16.3. The molecule has 0 saturated heterocycles. The molecular weight excluding hydrogens is 196 g/mol. The maximum atomic E-state index is 11.5. The molecule has 0 atom stereocenters. The summed E-state index contributed by atoms with van der Waals surface area (Å²) in [7, 11) is 0. The average Bonchev–Trinajstić information content (AvgIpc) is 2.18. The number of carbonyl (C=O) groups excluding carboxylic acids is 2. The molecule has 0 amide bonds. The van der Waals surface area contributed by atoms with Gasteiger partial charge in [0.2, 0.25) is 23.1 Å². The summed E-state index contributed by atoms with van der Waals surface area (Å²) in [6.45, 7) is 4.98. The van der Waals surface area contributed by atoms with Crippen LogP contribution in [0.15, 0.2) is 34.3 Å². The van der Waals surface area contributed by atoms with E-state index in [9.17, 15) is 14.7 Å². The summed E-state index contributed by atoms with van der Waals surface area (Å²) in [5.74, 6) is -3.17.